The largest absolute Gasteiger partial charge is 0.393 e. The fourth-order valence-electron chi connectivity index (χ4n) is 20.7. The fourth-order valence-corrected chi connectivity index (χ4v) is 20.7. The average Bonchev–Trinajstić information content (AvgIpc) is 4.17. The van der Waals surface area contributed by atoms with Gasteiger partial charge in [-0.1, -0.05) is 77.9 Å². The number of carbonyl (C=O) groups excluding carboxylic acids is 4. The van der Waals surface area contributed by atoms with Gasteiger partial charge in [-0.25, -0.2) is 0 Å². The molecule has 0 aliphatic heterocycles. The zero-order valence-corrected chi connectivity index (χ0v) is 50.1. The van der Waals surface area contributed by atoms with E-state index in [1.807, 2.05) is 30.3 Å². The van der Waals surface area contributed by atoms with Crippen LogP contribution in [0.3, 0.4) is 0 Å². The number of rotatable bonds is 18. The lowest BCUT2D eigenvalue weighted by molar-refractivity contribution is -0.202. The van der Waals surface area contributed by atoms with Crippen LogP contribution in [-0.4, -0.2) is 93.6 Å². The lowest BCUT2D eigenvalue weighted by Crippen LogP contribution is -2.63. The Bertz CT molecular complexity index is 2510. The number of fused-ring (bicyclic) bond motifs is 11. The van der Waals surface area contributed by atoms with Crippen LogP contribution in [0.4, 0.5) is 5.69 Å². The molecule has 80 heavy (non-hydrogen) atoms. The summed E-state index contributed by atoms with van der Waals surface area (Å²) < 4.78 is 0. The highest BCUT2D eigenvalue weighted by atomic mass is 35.5. The Morgan fingerprint density at radius 1 is 0.575 bits per heavy atom. The third kappa shape index (κ3) is 11.4. The van der Waals surface area contributed by atoms with Crippen molar-refractivity contribution < 1.29 is 39.6 Å². The Hall–Kier alpha value is -3.33. The monoisotopic (exact) mass is 1130 g/mol. The van der Waals surface area contributed by atoms with Crippen molar-refractivity contribution in [3.8, 4) is 0 Å². The molecule has 0 heterocycles. The summed E-state index contributed by atoms with van der Waals surface area (Å²) in [6, 6.07) is 14.3. The molecule has 4 amide bonds. The van der Waals surface area contributed by atoms with Crippen molar-refractivity contribution >= 4 is 52.5 Å². The van der Waals surface area contributed by atoms with Crippen molar-refractivity contribution in [1.29, 1.82) is 0 Å². The second kappa shape index (κ2) is 24.7. The van der Waals surface area contributed by atoms with Gasteiger partial charge >= 0.3 is 0 Å². The molecule has 0 saturated heterocycles. The Labute approximate surface area is 484 Å². The highest BCUT2D eigenvalue weighted by Gasteiger charge is 2.67. The number of nitrogens with one attached hydrogen (secondary N) is 4. The van der Waals surface area contributed by atoms with Gasteiger partial charge in [0.2, 0.25) is 23.6 Å². The normalized spacial score (nSPS) is 41.4. The second-order valence-corrected chi connectivity index (χ2v) is 28.7. The lowest BCUT2D eigenvalue weighted by Gasteiger charge is -2.63. The summed E-state index contributed by atoms with van der Waals surface area (Å²) in [5.41, 5.74) is 5.84. The van der Waals surface area contributed by atoms with Gasteiger partial charge in [0.05, 0.1) is 24.4 Å². The van der Waals surface area contributed by atoms with Gasteiger partial charge in [-0.2, -0.15) is 0 Å². The molecule has 8 aliphatic rings. The van der Waals surface area contributed by atoms with E-state index in [0.29, 0.717) is 70.4 Å². The molecule has 8 fully saturated rings. The zero-order chi connectivity index (χ0) is 56.2. The molecule has 10 rings (SSSR count). The fraction of sp³-hybridized carbons (Fsp3) is 0.788. The molecular formula is C66H102ClN5O8. The third-order valence-electron chi connectivity index (χ3n) is 25.1. The molecule has 0 unspecified atom stereocenters. The van der Waals surface area contributed by atoms with Gasteiger partial charge in [-0.3, -0.25) is 19.2 Å². The average molecular weight is 1130 g/mol. The van der Waals surface area contributed by atoms with E-state index in [9.17, 15) is 39.6 Å². The first-order valence-electron chi connectivity index (χ1n) is 31.8. The predicted molar refractivity (Wildman–Crippen MR) is 317 cm³/mol. The minimum absolute atomic E-state index is 0. The van der Waals surface area contributed by atoms with Crippen molar-refractivity contribution in [2.75, 3.05) is 18.4 Å². The number of aliphatic hydroxyl groups excluding tert-OH is 4. The number of halogens is 1. The Balaban J connectivity index is 0.00000774. The molecule has 8 aliphatic carbocycles. The van der Waals surface area contributed by atoms with Gasteiger partial charge in [0.15, 0.2) is 0 Å². The number of benzene rings is 2. The van der Waals surface area contributed by atoms with Crippen LogP contribution in [0.25, 0.3) is 10.8 Å². The van der Waals surface area contributed by atoms with Crippen molar-refractivity contribution in [3.63, 3.8) is 0 Å². The van der Waals surface area contributed by atoms with Crippen molar-refractivity contribution in [1.82, 2.24) is 16.0 Å². The standard InChI is InChI=1S/C66H101N5O8.ClH/c1-38(46-20-22-48-61-50(36-55(74)65(46,48)5)63(3)28-26-43(32-41(63)34-53(61)72)69-58(77)16-10-30-67)18-24-57(76)68-31-11-17-59(78)70-44-27-29-64(4)42(33-44)35-54(73)62-49-23-21-47(66(49,6)56(75)37-51(62)64)39(2)19-25-60(79)71-52-15-9-13-40-12-7-8-14-45(40)52;/h7-9,12-15,38-39,41-44,46-51,53-56,61-62,72-75H,10-11,16-37,67H2,1-6H3,(H,68,76)(H,69,77)(H,70,78)(H,71,79);1H/t38-,39-,41+,42+,43-,44-,46-,47-,48+,49+,50+,51+,53-,54-,55+,56+,61+,62+,63+,64+,65-,66-;/m1./s1. The van der Waals surface area contributed by atoms with Crippen molar-refractivity contribution in [2.45, 2.75) is 219 Å². The molecule has 13 nitrogen and oxygen atoms in total. The minimum atomic E-state index is -0.475. The van der Waals surface area contributed by atoms with Crippen LogP contribution in [0.1, 0.15) is 183 Å². The second-order valence-electron chi connectivity index (χ2n) is 28.7. The number of amides is 4. The SMILES string of the molecule is C[C@H](CCC(=O)NCCCC(=O)N[C@@H]1CC[C@@]2(C)[C@@H](C1)C[C@@H](O)[C@@H]1[C@@H]2C[C@H](O)[C@]2(C)[C@@H]([C@H](C)CCC(=O)Nc3cccc4ccccc34)CC[C@@H]12)[C@H]1CC[C@H]2[C@@H]3[C@H](O)C[C@@H]4C[C@H](NC(=O)CCCN)CC[C@]4(C)[C@H]3C[C@H](O)[C@]12C.Cl. The summed E-state index contributed by atoms with van der Waals surface area (Å²) in [4.78, 5) is 52.6. The molecule has 0 spiro atoms. The molecule has 446 valence electrons. The topological polar surface area (TPSA) is 223 Å². The first kappa shape index (κ1) is 61.2. The van der Waals surface area contributed by atoms with Gasteiger partial charge in [-0.15, -0.1) is 12.4 Å². The summed E-state index contributed by atoms with van der Waals surface area (Å²) in [7, 11) is 0. The van der Waals surface area contributed by atoms with Crippen LogP contribution in [0.2, 0.25) is 0 Å². The zero-order valence-electron chi connectivity index (χ0n) is 49.3. The highest BCUT2D eigenvalue weighted by molar-refractivity contribution is 6.02. The van der Waals surface area contributed by atoms with Crippen LogP contribution in [0.5, 0.6) is 0 Å². The van der Waals surface area contributed by atoms with Gasteiger partial charge in [0, 0.05) is 55.4 Å². The maximum absolute atomic E-state index is 13.4. The van der Waals surface area contributed by atoms with Crippen molar-refractivity contribution in [3.05, 3.63) is 42.5 Å². The molecule has 14 heteroatoms. The number of nitrogens with two attached hydrogens (primary N) is 1. The van der Waals surface area contributed by atoms with Gasteiger partial charge in [0.1, 0.15) is 0 Å². The Kier molecular flexibility index (Phi) is 18.9. The first-order valence-corrected chi connectivity index (χ1v) is 31.8. The van der Waals surface area contributed by atoms with E-state index in [0.717, 1.165) is 106 Å². The number of anilines is 1. The predicted octanol–water partition coefficient (Wildman–Crippen LogP) is 9.84. The summed E-state index contributed by atoms with van der Waals surface area (Å²) in [5, 5.41) is 63.5. The summed E-state index contributed by atoms with van der Waals surface area (Å²) >= 11 is 0. The summed E-state index contributed by atoms with van der Waals surface area (Å²) in [6.45, 7) is 14.8. The molecule has 0 aromatic heterocycles. The van der Waals surface area contributed by atoms with E-state index in [2.05, 4.69) is 74.9 Å². The van der Waals surface area contributed by atoms with E-state index < -0.39 is 24.4 Å². The van der Waals surface area contributed by atoms with Crippen LogP contribution in [-0.2, 0) is 19.2 Å². The van der Waals surface area contributed by atoms with Gasteiger partial charge in [0.25, 0.3) is 0 Å². The van der Waals surface area contributed by atoms with Gasteiger partial charge in [-0.05, 0) is 226 Å². The maximum Gasteiger partial charge on any atom is 0.224 e. The van der Waals surface area contributed by atoms with E-state index in [4.69, 9.17) is 5.73 Å². The highest BCUT2D eigenvalue weighted by Crippen LogP contribution is 2.70. The third-order valence-corrected chi connectivity index (χ3v) is 25.1. The molecule has 10 N–H and O–H groups in total. The van der Waals surface area contributed by atoms with Crippen molar-refractivity contribution in [2.24, 2.45) is 98.4 Å². The Morgan fingerprint density at radius 2 is 1.06 bits per heavy atom. The van der Waals surface area contributed by atoms with Gasteiger partial charge < -0.3 is 47.4 Å². The summed E-state index contributed by atoms with van der Waals surface area (Å²) in [5.74, 6) is 2.87. The Morgan fingerprint density at radius 3 is 1.59 bits per heavy atom. The van der Waals surface area contributed by atoms with E-state index in [-0.39, 0.29) is 135 Å². The molecule has 0 bridgehead atoms. The number of aliphatic hydroxyl groups is 4. The molecule has 0 radical (unpaired) electrons. The van der Waals surface area contributed by atoms with Crippen LogP contribution in [0.15, 0.2) is 42.5 Å². The van der Waals surface area contributed by atoms with E-state index >= 15 is 0 Å². The maximum atomic E-state index is 13.4. The van der Waals surface area contributed by atoms with Crippen LogP contribution in [0, 0.1) is 92.7 Å². The van der Waals surface area contributed by atoms with Crippen LogP contribution >= 0.6 is 12.4 Å². The summed E-state index contributed by atoms with van der Waals surface area (Å²) in [6.07, 6.45) is 14.8. The number of hydrogen-bond donors (Lipinski definition) is 9. The minimum Gasteiger partial charge on any atom is -0.393 e. The van der Waals surface area contributed by atoms with Crippen LogP contribution < -0.4 is 27.0 Å². The first-order chi connectivity index (χ1) is 37.7. The quantitative estimate of drug-likeness (QED) is 0.0647. The molecule has 2 aromatic rings. The lowest BCUT2D eigenvalue weighted by atomic mass is 9.43. The molecule has 22 atom stereocenters. The molecule has 2 aromatic carbocycles. The van der Waals surface area contributed by atoms with E-state index in [1.54, 1.807) is 0 Å². The smallest absolute Gasteiger partial charge is 0.224 e. The number of hydrogen-bond acceptors (Lipinski definition) is 9. The number of carbonyl (C=O) groups is 4. The molecular weight excluding hydrogens is 1030 g/mol. The molecule has 8 saturated carbocycles. The van der Waals surface area contributed by atoms with E-state index in [1.165, 1.54) is 0 Å².